The molecule has 0 bridgehead atoms. The van der Waals surface area contributed by atoms with Crippen molar-refractivity contribution in [2.75, 3.05) is 0 Å². The Labute approximate surface area is 126 Å². The van der Waals surface area contributed by atoms with Gasteiger partial charge in [-0.25, -0.2) is 4.98 Å². The third-order valence-electron chi connectivity index (χ3n) is 2.84. The topological polar surface area (TPSA) is 48.1 Å². The minimum absolute atomic E-state index is 0.338. The number of thiazole rings is 1. The van der Waals surface area contributed by atoms with Gasteiger partial charge >= 0.3 is 0 Å². The minimum Gasteiger partial charge on any atom is -0.486 e. The fraction of sp³-hybridized carbons (Fsp3) is 0.0667. The zero-order valence-electron chi connectivity index (χ0n) is 10.6. The molecule has 100 valence electrons. The van der Waals surface area contributed by atoms with Crippen LogP contribution in [0.15, 0.2) is 48.5 Å². The van der Waals surface area contributed by atoms with Crippen molar-refractivity contribution >= 4 is 38.8 Å². The maximum absolute atomic E-state index is 5.79. The van der Waals surface area contributed by atoms with Gasteiger partial charge in [0.05, 0.1) is 15.8 Å². The van der Waals surface area contributed by atoms with Crippen LogP contribution in [0.4, 0.5) is 0 Å². The molecular weight excluding hydrogens is 288 g/mol. The molecule has 0 atom stereocenters. The fourth-order valence-corrected chi connectivity index (χ4v) is 2.97. The Hall–Kier alpha value is -1.98. The number of fused-ring (bicyclic) bond motifs is 1. The van der Waals surface area contributed by atoms with Gasteiger partial charge in [-0.2, -0.15) is 0 Å². The lowest BCUT2D eigenvalue weighted by Gasteiger charge is -2.08. The molecule has 0 radical (unpaired) electrons. The van der Waals surface area contributed by atoms with Crippen LogP contribution in [0.5, 0.6) is 5.75 Å². The summed E-state index contributed by atoms with van der Waals surface area (Å²) in [6.07, 6.45) is 0. The van der Waals surface area contributed by atoms with Crippen LogP contribution in [0.3, 0.4) is 0 Å². The molecule has 5 heteroatoms. The smallest absolute Gasteiger partial charge is 0.140 e. The lowest BCUT2D eigenvalue weighted by molar-refractivity contribution is 0.305. The third-order valence-corrected chi connectivity index (χ3v) is 4.07. The Morgan fingerprint density at radius 3 is 2.70 bits per heavy atom. The second kappa shape index (κ2) is 5.56. The summed E-state index contributed by atoms with van der Waals surface area (Å²) in [5.41, 5.74) is 7.44. The highest BCUT2D eigenvalue weighted by Gasteiger charge is 2.08. The van der Waals surface area contributed by atoms with Crippen molar-refractivity contribution in [1.82, 2.24) is 4.98 Å². The summed E-state index contributed by atoms with van der Waals surface area (Å²) in [5.74, 6) is 0.694. The van der Waals surface area contributed by atoms with E-state index in [1.165, 1.54) is 0 Å². The van der Waals surface area contributed by atoms with Gasteiger partial charge in [0.25, 0.3) is 0 Å². The maximum Gasteiger partial charge on any atom is 0.140 e. The lowest BCUT2D eigenvalue weighted by Crippen LogP contribution is -2.11. The molecule has 0 saturated heterocycles. The fourth-order valence-electron chi connectivity index (χ4n) is 1.92. The van der Waals surface area contributed by atoms with Gasteiger partial charge in [0.15, 0.2) is 0 Å². The molecule has 0 aliphatic heterocycles. The number of para-hydroxylation sites is 2. The summed E-state index contributed by atoms with van der Waals surface area (Å²) in [6.45, 7) is 0.416. The number of nitrogens with two attached hydrogens (primary N) is 1. The summed E-state index contributed by atoms with van der Waals surface area (Å²) in [7, 11) is 0. The molecule has 2 N–H and O–H groups in total. The second-order valence-corrected chi connectivity index (χ2v) is 5.78. The van der Waals surface area contributed by atoms with Gasteiger partial charge in [-0.15, -0.1) is 11.3 Å². The first-order valence-corrected chi connectivity index (χ1v) is 7.32. The maximum atomic E-state index is 5.79. The summed E-state index contributed by atoms with van der Waals surface area (Å²) in [6, 6.07) is 15.5. The second-order valence-electron chi connectivity index (χ2n) is 4.22. The molecule has 0 amide bonds. The normalized spacial score (nSPS) is 10.6. The molecule has 3 aromatic rings. The molecule has 0 spiro atoms. The van der Waals surface area contributed by atoms with Gasteiger partial charge in [-0.3, -0.25) is 0 Å². The summed E-state index contributed by atoms with van der Waals surface area (Å²) >= 11 is 6.65. The Bertz CT molecular complexity index is 734. The summed E-state index contributed by atoms with van der Waals surface area (Å²) in [5, 5.41) is 0.934. The van der Waals surface area contributed by atoms with Crippen LogP contribution < -0.4 is 10.5 Å². The largest absolute Gasteiger partial charge is 0.486 e. The molecule has 1 heterocycles. The van der Waals surface area contributed by atoms with Crippen LogP contribution in [-0.2, 0) is 6.61 Å². The highest BCUT2D eigenvalue weighted by atomic mass is 32.1. The molecule has 3 rings (SSSR count). The van der Waals surface area contributed by atoms with Crippen LogP contribution in [0, 0.1) is 0 Å². The number of hydrogen-bond donors (Lipinski definition) is 1. The van der Waals surface area contributed by atoms with E-state index in [1.807, 2.05) is 42.5 Å². The van der Waals surface area contributed by atoms with E-state index in [4.69, 9.17) is 22.7 Å². The molecular formula is C15H12N2OS2. The predicted octanol–water partition coefficient (Wildman–Crippen LogP) is 3.51. The Morgan fingerprint density at radius 2 is 1.90 bits per heavy atom. The van der Waals surface area contributed by atoms with Crippen LogP contribution in [0.1, 0.15) is 10.6 Å². The molecule has 2 aromatic carbocycles. The van der Waals surface area contributed by atoms with E-state index in [9.17, 15) is 0 Å². The van der Waals surface area contributed by atoms with E-state index >= 15 is 0 Å². The number of nitrogens with zero attached hydrogens (tertiary/aromatic N) is 1. The quantitative estimate of drug-likeness (QED) is 0.749. The number of hydrogen-bond acceptors (Lipinski definition) is 4. The van der Waals surface area contributed by atoms with Gasteiger partial charge in [-0.05, 0) is 24.3 Å². The van der Waals surface area contributed by atoms with Crippen LogP contribution in [0.2, 0.25) is 0 Å². The zero-order valence-corrected chi connectivity index (χ0v) is 12.2. The average molecular weight is 300 g/mol. The van der Waals surface area contributed by atoms with Gasteiger partial charge in [-0.1, -0.05) is 36.5 Å². The van der Waals surface area contributed by atoms with E-state index in [0.29, 0.717) is 17.3 Å². The number of rotatable bonds is 4. The van der Waals surface area contributed by atoms with E-state index in [1.54, 1.807) is 11.3 Å². The molecule has 0 unspecified atom stereocenters. The highest BCUT2D eigenvalue weighted by molar-refractivity contribution is 7.80. The number of aromatic nitrogens is 1. The van der Waals surface area contributed by atoms with Crippen molar-refractivity contribution in [3.8, 4) is 5.75 Å². The summed E-state index contributed by atoms with van der Waals surface area (Å²) < 4.78 is 6.96. The van der Waals surface area contributed by atoms with Crippen LogP contribution in [-0.4, -0.2) is 9.97 Å². The molecule has 1 aromatic heterocycles. The van der Waals surface area contributed by atoms with Gasteiger partial charge in [0.2, 0.25) is 0 Å². The van der Waals surface area contributed by atoms with Gasteiger partial charge in [0, 0.05) is 0 Å². The van der Waals surface area contributed by atoms with Crippen molar-refractivity contribution < 1.29 is 4.74 Å². The van der Waals surface area contributed by atoms with Crippen LogP contribution >= 0.6 is 23.6 Å². The number of ether oxygens (including phenoxy) is 1. The monoisotopic (exact) mass is 300 g/mol. The predicted molar refractivity (Wildman–Crippen MR) is 86.3 cm³/mol. The average Bonchev–Trinajstić information content (AvgIpc) is 2.88. The molecule has 0 saturated carbocycles. The number of thiocarbonyl (C=S) groups is 1. The minimum atomic E-state index is 0.338. The molecule has 0 fully saturated rings. The van der Waals surface area contributed by atoms with E-state index in [-0.39, 0.29) is 0 Å². The highest BCUT2D eigenvalue weighted by Crippen LogP contribution is 2.24. The van der Waals surface area contributed by atoms with E-state index in [0.717, 1.165) is 20.8 Å². The van der Waals surface area contributed by atoms with E-state index < -0.39 is 0 Å². The summed E-state index contributed by atoms with van der Waals surface area (Å²) in [4.78, 5) is 4.87. The van der Waals surface area contributed by atoms with E-state index in [2.05, 4.69) is 11.1 Å². The Balaban J connectivity index is 1.81. The first kappa shape index (κ1) is 13.0. The van der Waals surface area contributed by atoms with Crippen molar-refractivity contribution in [2.45, 2.75) is 6.61 Å². The standard InChI is InChI=1S/C15H12N2OS2/c16-15(19)10-5-1-3-7-12(10)18-9-14-17-11-6-2-4-8-13(11)20-14/h1-8H,9H2,(H2,16,19). The Morgan fingerprint density at radius 1 is 1.15 bits per heavy atom. The molecule has 20 heavy (non-hydrogen) atoms. The molecule has 0 aliphatic carbocycles. The zero-order chi connectivity index (χ0) is 13.9. The van der Waals surface area contributed by atoms with Crippen molar-refractivity contribution in [1.29, 1.82) is 0 Å². The number of benzene rings is 2. The van der Waals surface area contributed by atoms with Crippen LogP contribution in [0.25, 0.3) is 10.2 Å². The SMILES string of the molecule is NC(=S)c1ccccc1OCc1nc2ccccc2s1. The van der Waals surface area contributed by atoms with Crippen molar-refractivity contribution in [3.63, 3.8) is 0 Å². The van der Waals surface area contributed by atoms with Gasteiger partial charge < -0.3 is 10.5 Å². The third kappa shape index (κ3) is 2.64. The lowest BCUT2D eigenvalue weighted by atomic mass is 10.2. The first-order chi connectivity index (χ1) is 9.74. The molecule has 3 nitrogen and oxygen atoms in total. The van der Waals surface area contributed by atoms with Crippen molar-refractivity contribution in [2.24, 2.45) is 5.73 Å². The Kier molecular flexibility index (Phi) is 3.62. The van der Waals surface area contributed by atoms with Crippen molar-refractivity contribution in [3.05, 3.63) is 59.1 Å². The molecule has 0 aliphatic rings. The van der Waals surface area contributed by atoms with Gasteiger partial charge in [0.1, 0.15) is 22.4 Å². The first-order valence-electron chi connectivity index (χ1n) is 6.10.